The van der Waals surface area contributed by atoms with E-state index in [1.165, 1.54) is 4.68 Å². The van der Waals surface area contributed by atoms with Crippen LogP contribution in [-0.4, -0.2) is 33.7 Å². The Bertz CT molecular complexity index is 672. The maximum atomic E-state index is 12.2. The highest BCUT2D eigenvalue weighted by Crippen LogP contribution is 2.09. The standard InChI is InChI=1S/C14H15N3O2/c18-13(16-7-3-4-8-16)10-17-14(19)12-6-2-1-5-11(12)9-15-17/h1-2,5-6,9H,3-4,7-8,10H2. The second kappa shape index (κ2) is 4.84. The molecule has 0 atom stereocenters. The SMILES string of the molecule is O=C(Cn1ncc2ccccc2c1=O)N1CCCC1. The van der Waals surface area contributed by atoms with Crippen LogP contribution in [0.5, 0.6) is 0 Å². The van der Waals surface area contributed by atoms with E-state index in [1.54, 1.807) is 17.2 Å². The van der Waals surface area contributed by atoms with Crippen molar-refractivity contribution in [3.63, 3.8) is 0 Å². The van der Waals surface area contributed by atoms with Crippen LogP contribution in [0.15, 0.2) is 35.3 Å². The van der Waals surface area contributed by atoms with Crippen molar-refractivity contribution in [3.05, 3.63) is 40.8 Å². The fourth-order valence-corrected chi connectivity index (χ4v) is 2.43. The van der Waals surface area contributed by atoms with Gasteiger partial charge in [0.2, 0.25) is 5.91 Å². The molecule has 1 fully saturated rings. The van der Waals surface area contributed by atoms with Gasteiger partial charge in [-0.3, -0.25) is 9.59 Å². The van der Waals surface area contributed by atoms with E-state index in [2.05, 4.69) is 5.10 Å². The Hall–Kier alpha value is -2.17. The Morgan fingerprint density at radius 3 is 2.74 bits per heavy atom. The van der Waals surface area contributed by atoms with Crippen LogP contribution in [0.25, 0.3) is 10.8 Å². The van der Waals surface area contributed by atoms with Crippen molar-refractivity contribution in [2.24, 2.45) is 0 Å². The minimum absolute atomic E-state index is 0.0256. The highest BCUT2D eigenvalue weighted by Gasteiger charge is 2.19. The normalized spacial score (nSPS) is 15.1. The third-order valence-electron chi connectivity index (χ3n) is 3.51. The number of nitrogens with zero attached hydrogens (tertiary/aromatic N) is 3. The quantitative estimate of drug-likeness (QED) is 0.807. The molecule has 0 aliphatic carbocycles. The molecule has 0 spiro atoms. The summed E-state index contributed by atoms with van der Waals surface area (Å²) in [6, 6.07) is 7.28. The number of amides is 1. The number of carbonyl (C=O) groups is 1. The Morgan fingerprint density at radius 1 is 1.21 bits per heavy atom. The van der Waals surface area contributed by atoms with Crippen LogP contribution in [0.2, 0.25) is 0 Å². The first kappa shape index (κ1) is 11.9. The monoisotopic (exact) mass is 257 g/mol. The summed E-state index contributed by atoms with van der Waals surface area (Å²) < 4.78 is 1.25. The molecule has 5 heteroatoms. The zero-order valence-electron chi connectivity index (χ0n) is 10.6. The minimum Gasteiger partial charge on any atom is -0.341 e. The molecular weight excluding hydrogens is 242 g/mol. The van der Waals surface area contributed by atoms with E-state index in [0.29, 0.717) is 5.39 Å². The van der Waals surface area contributed by atoms with Crippen LogP contribution in [-0.2, 0) is 11.3 Å². The molecule has 0 radical (unpaired) electrons. The first-order valence-corrected chi connectivity index (χ1v) is 6.48. The molecule has 98 valence electrons. The smallest absolute Gasteiger partial charge is 0.275 e. The first-order valence-electron chi connectivity index (χ1n) is 6.48. The van der Waals surface area contributed by atoms with Gasteiger partial charge in [0.15, 0.2) is 0 Å². The number of carbonyl (C=O) groups excluding carboxylic acids is 1. The van der Waals surface area contributed by atoms with E-state index in [1.807, 2.05) is 18.2 Å². The van der Waals surface area contributed by atoms with Crippen molar-refractivity contribution in [1.29, 1.82) is 0 Å². The Balaban J connectivity index is 1.91. The van der Waals surface area contributed by atoms with Gasteiger partial charge in [-0.2, -0.15) is 5.10 Å². The van der Waals surface area contributed by atoms with Crippen LogP contribution < -0.4 is 5.56 Å². The number of hydrogen-bond donors (Lipinski definition) is 0. The topological polar surface area (TPSA) is 55.2 Å². The zero-order chi connectivity index (χ0) is 13.2. The average molecular weight is 257 g/mol. The van der Waals surface area contributed by atoms with Gasteiger partial charge < -0.3 is 4.90 Å². The van der Waals surface area contributed by atoms with Crippen molar-refractivity contribution >= 4 is 16.7 Å². The lowest BCUT2D eigenvalue weighted by Crippen LogP contribution is -2.35. The molecule has 0 bridgehead atoms. The molecule has 3 rings (SSSR count). The molecule has 0 unspecified atom stereocenters. The molecule has 0 N–H and O–H groups in total. The number of aromatic nitrogens is 2. The highest BCUT2D eigenvalue weighted by atomic mass is 16.2. The second-order valence-electron chi connectivity index (χ2n) is 4.78. The molecule has 2 aromatic rings. The lowest BCUT2D eigenvalue weighted by atomic mass is 10.2. The lowest BCUT2D eigenvalue weighted by Gasteiger charge is -2.15. The minimum atomic E-state index is -0.203. The number of likely N-dealkylation sites (tertiary alicyclic amines) is 1. The molecule has 1 aromatic carbocycles. The van der Waals surface area contributed by atoms with E-state index < -0.39 is 0 Å². The second-order valence-corrected chi connectivity index (χ2v) is 4.78. The van der Waals surface area contributed by atoms with E-state index in [-0.39, 0.29) is 18.0 Å². The number of hydrogen-bond acceptors (Lipinski definition) is 3. The van der Waals surface area contributed by atoms with Crippen LogP contribution in [0.4, 0.5) is 0 Å². The molecule has 2 heterocycles. The summed E-state index contributed by atoms with van der Waals surface area (Å²) in [4.78, 5) is 26.0. The van der Waals surface area contributed by atoms with Gasteiger partial charge in [0, 0.05) is 18.5 Å². The number of rotatable bonds is 2. The molecular formula is C14H15N3O2. The molecule has 1 aliphatic heterocycles. The third kappa shape index (κ3) is 2.23. The summed E-state index contributed by atoms with van der Waals surface area (Å²) in [5, 5.41) is 5.48. The van der Waals surface area contributed by atoms with Crippen molar-refractivity contribution in [2.75, 3.05) is 13.1 Å². The van der Waals surface area contributed by atoms with Gasteiger partial charge in [-0.15, -0.1) is 0 Å². The average Bonchev–Trinajstić information content (AvgIpc) is 2.96. The summed E-state index contributed by atoms with van der Waals surface area (Å²) in [6.07, 6.45) is 3.73. The van der Waals surface area contributed by atoms with Gasteiger partial charge in [0.1, 0.15) is 6.54 Å². The van der Waals surface area contributed by atoms with Crippen LogP contribution >= 0.6 is 0 Å². The molecule has 1 amide bonds. The number of benzene rings is 1. The van der Waals surface area contributed by atoms with E-state index >= 15 is 0 Å². The van der Waals surface area contributed by atoms with E-state index in [0.717, 1.165) is 31.3 Å². The third-order valence-corrected chi connectivity index (χ3v) is 3.51. The van der Waals surface area contributed by atoms with Crippen LogP contribution in [0, 0.1) is 0 Å². The van der Waals surface area contributed by atoms with Gasteiger partial charge in [-0.25, -0.2) is 4.68 Å². The Labute approximate surface area is 110 Å². The van der Waals surface area contributed by atoms with Gasteiger partial charge in [-0.1, -0.05) is 18.2 Å². The van der Waals surface area contributed by atoms with E-state index in [9.17, 15) is 9.59 Å². The fraction of sp³-hybridized carbons (Fsp3) is 0.357. The largest absolute Gasteiger partial charge is 0.341 e. The zero-order valence-corrected chi connectivity index (χ0v) is 10.6. The van der Waals surface area contributed by atoms with Gasteiger partial charge in [0.05, 0.1) is 11.6 Å². The molecule has 1 aromatic heterocycles. The summed E-state index contributed by atoms with van der Waals surface area (Å²) in [5.74, 6) is -0.0256. The maximum Gasteiger partial charge on any atom is 0.275 e. The Kier molecular flexibility index (Phi) is 3.03. The summed E-state index contributed by atoms with van der Waals surface area (Å²) in [6.45, 7) is 1.62. The van der Waals surface area contributed by atoms with Gasteiger partial charge in [-0.05, 0) is 18.9 Å². The Morgan fingerprint density at radius 2 is 1.95 bits per heavy atom. The van der Waals surface area contributed by atoms with E-state index in [4.69, 9.17) is 0 Å². The molecule has 5 nitrogen and oxygen atoms in total. The highest BCUT2D eigenvalue weighted by molar-refractivity contribution is 5.81. The lowest BCUT2D eigenvalue weighted by molar-refractivity contribution is -0.131. The van der Waals surface area contributed by atoms with Crippen LogP contribution in [0.3, 0.4) is 0 Å². The van der Waals surface area contributed by atoms with Crippen molar-refractivity contribution in [3.8, 4) is 0 Å². The maximum absolute atomic E-state index is 12.2. The summed E-state index contributed by atoms with van der Waals surface area (Å²) in [7, 11) is 0. The first-order chi connectivity index (χ1) is 9.25. The predicted octanol–water partition coefficient (Wildman–Crippen LogP) is 1.02. The fourth-order valence-electron chi connectivity index (χ4n) is 2.43. The van der Waals surface area contributed by atoms with Gasteiger partial charge in [0.25, 0.3) is 5.56 Å². The van der Waals surface area contributed by atoms with Crippen LogP contribution in [0.1, 0.15) is 12.8 Å². The number of fused-ring (bicyclic) bond motifs is 1. The molecule has 0 saturated carbocycles. The van der Waals surface area contributed by atoms with Gasteiger partial charge >= 0.3 is 0 Å². The summed E-state index contributed by atoms with van der Waals surface area (Å²) >= 11 is 0. The van der Waals surface area contributed by atoms with Crippen molar-refractivity contribution in [1.82, 2.24) is 14.7 Å². The summed E-state index contributed by atoms with van der Waals surface area (Å²) in [5.41, 5.74) is -0.203. The molecule has 19 heavy (non-hydrogen) atoms. The molecule has 1 saturated heterocycles. The van der Waals surface area contributed by atoms with Crippen molar-refractivity contribution in [2.45, 2.75) is 19.4 Å². The molecule has 1 aliphatic rings. The predicted molar refractivity (Wildman–Crippen MR) is 71.8 cm³/mol. The van der Waals surface area contributed by atoms with Crippen molar-refractivity contribution < 1.29 is 4.79 Å².